The van der Waals surface area contributed by atoms with Crippen molar-refractivity contribution in [1.82, 2.24) is 0 Å². The first-order valence-electron chi connectivity index (χ1n) is 5.66. The highest BCUT2D eigenvalue weighted by Crippen LogP contribution is 2.21. The lowest BCUT2D eigenvalue weighted by atomic mass is 10.1. The molecule has 0 bridgehead atoms. The minimum absolute atomic E-state index is 0.151. The SMILES string of the molecule is NC(COc1cccc(F)c1F)c1ccccc1F. The maximum absolute atomic E-state index is 13.4. The third kappa shape index (κ3) is 3.06. The Bertz CT molecular complexity index is 574. The van der Waals surface area contributed by atoms with Crippen molar-refractivity contribution in [2.24, 2.45) is 5.73 Å². The zero-order chi connectivity index (χ0) is 13.8. The molecule has 0 aliphatic heterocycles. The number of ether oxygens (including phenoxy) is 1. The number of rotatable bonds is 4. The van der Waals surface area contributed by atoms with Crippen LogP contribution in [0.25, 0.3) is 0 Å². The summed E-state index contributed by atoms with van der Waals surface area (Å²) in [4.78, 5) is 0. The van der Waals surface area contributed by atoms with Gasteiger partial charge in [0.2, 0.25) is 5.82 Å². The molecule has 0 saturated heterocycles. The first kappa shape index (κ1) is 13.4. The molecule has 2 aromatic rings. The second-order valence-corrected chi connectivity index (χ2v) is 3.99. The van der Waals surface area contributed by atoms with Gasteiger partial charge in [-0.2, -0.15) is 4.39 Å². The highest BCUT2D eigenvalue weighted by Gasteiger charge is 2.14. The molecule has 2 rings (SSSR count). The summed E-state index contributed by atoms with van der Waals surface area (Å²) in [5.74, 6) is -2.79. The van der Waals surface area contributed by atoms with Gasteiger partial charge in [0, 0.05) is 5.56 Å². The summed E-state index contributed by atoms with van der Waals surface area (Å²) >= 11 is 0. The van der Waals surface area contributed by atoms with Crippen LogP contribution in [-0.4, -0.2) is 6.61 Å². The van der Waals surface area contributed by atoms with Gasteiger partial charge in [-0.1, -0.05) is 24.3 Å². The number of nitrogens with two attached hydrogens (primary N) is 1. The second kappa shape index (κ2) is 5.75. The molecule has 0 aliphatic carbocycles. The molecule has 2 N–H and O–H groups in total. The van der Waals surface area contributed by atoms with Gasteiger partial charge in [0.05, 0.1) is 6.04 Å². The highest BCUT2D eigenvalue weighted by molar-refractivity contribution is 5.26. The van der Waals surface area contributed by atoms with Gasteiger partial charge in [0.1, 0.15) is 12.4 Å². The fourth-order valence-electron chi connectivity index (χ4n) is 1.64. The average molecular weight is 267 g/mol. The molecule has 2 aromatic carbocycles. The molecule has 19 heavy (non-hydrogen) atoms. The van der Waals surface area contributed by atoms with Gasteiger partial charge in [0.15, 0.2) is 11.6 Å². The Labute approximate surface area is 108 Å². The molecular formula is C14H12F3NO. The maximum Gasteiger partial charge on any atom is 0.200 e. The fourth-order valence-corrected chi connectivity index (χ4v) is 1.64. The van der Waals surface area contributed by atoms with E-state index >= 15 is 0 Å². The van der Waals surface area contributed by atoms with Crippen LogP contribution in [0.3, 0.4) is 0 Å². The summed E-state index contributed by atoms with van der Waals surface area (Å²) in [6.07, 6.45) is 0. The molecule has 0 amide bonds. The van der Waals surface area contributed by atoms with E-state index in [1.807, 2.05) is 0 Å². The average Bonchev–Trinajstić information content (AvgIpc) is 2.40. The highest BCUT2D eigenvalue weighted by atomic mass is 19.2. The number of hydrogen-bond acceptors (Lipinski definition) is 2. The fraction of sp³-hybridized carbons (Fsp3) is 0.143. The summed E-state index contributed by atoms with van der Waals surface area (Å²) < 4.78 is 44.8. The lowest BCUT2D eigenvalue weighted by Crippen LogP contribution is -2.20. The third-order valence-electron chi connectivity index (χ3n) is 2.64. The summed E-state index contributed by atoms with van der Waals surface area (Å²) in [6, 6.07) is 8.81. The maximum atomic E-state index is 13.4. The van der Waals surface area contributed by atoms with Crippen molar-refractivity contribution in [3.63, 3.8) is 0 Å². The largest absolute Gasteiger partial charge is 0.488 e. The molecule has 5 heteroatoms. The lowest BCUT2D eigenvalue weighted by Gasteiger charge is -2.14. The normalized spacial score (nSPS) is 12.2. The second-order valence-electron chi connectivity index (χ2n) is 3.99. The summed E-state index contributed by atoms with van der Waals surface area (Å²) in [5.41, 5.74) is 6.01. The van der Waals surface area contributed by atoms with Crippen molar-refractivity contribution < 1.29 is 17.9 Å². The van der Waals surface area contributed by atoms with E-state index in [1.165, 1.54) is 24.3 Å². The predicted molar refractivity (Wildman–Crippen MR) is 65.2 cm³/mol. The van der Waals surface area contributed by atoms with Crippen molar-refractivity contribution in [1.29, 1.82) is 0 Å². The van der Waals surface area contributed by atoms with Crippen LogP contribution in [0.15, 0.2) is 42.5 Å². The van der Waals surface area contributed by atoms with E-state index in [0.717, 1.165) is 6.07 Å². The van der Waals surface area contributed by atoms with Crippen LogP contribution in [-0.2, 0) is 0 Å². The van der Waals surface area contributed by atoms with Crippen LogP contribution in [0.5, 0.6) is 5.75 Å². The number of halogens is 3. The molecule has 0 spiro atoms. The first-order valence-corrected chi connectivity index (χ1v) is 5.66. The summed E-state index contributed by atoms with van der Waals surface area (Å²) in [5, 5.41) is 0. The van der Waals surface area contributed by atoms with E-state index in [0.29, 0.717) is 0 Å². The number of benzene rings is 2. The van der Waals surface area contributed by atoms with Gasteiger partial charge < -0.3 is 10.5 Å². The molecule has 0 saturated carbocycles. The molecule has 1 unspecified atom stereocenters. The lowest BCUT2D eigenvalue weighted by molar-refractivity contribution is 0.270. The van der Waals surface area contributed by atoms with Gasteiger partial charge in [-0.3, -0.25) is 0 Å². The zero-order valence-corrected chi connectivity index (χ0v) is 9.95. The Morgan fingerprint density at radius 1 is 0.947 bits per heavy atom. The van der Waals surface area contributed by atoms with Gasteiger partial charge >= 0.3 is 0 Å². The topological polar surface area (TPSA) is 35.2 Å². The monoisotopic (exact) mass is 267 g/mol. The van der Waals surface area contributed by atoms with Gasteiger partial charge in [-0.05, 0) is 18.2 Å². The van der Waals surface area contributed by atoms with Gasteiger partial charge in [0.25, 0.3) is 0 Å². The molecule has 0 aromatic heterocycles. The molecular weight excluding hydrogens is 255 g/mol. The van der Waals surface area contributed by atoms with E-state index in [1.54, 1.807) is 12.1 Å². The Kier molecular flexibility index (Phi) is 4.06. The quantitative estimate of drug-likeness (QED) is 0.923. The smallest absolute Gasteiger partial charge is 0.200 e. The molecule has 2 nitrogen and oxygen atoms in total. The standard InChI is InChI=1S/C14H12F3NO/c15-10-5-2-1-4-9(10)12(18)8-19-13-7-3-6-11(16)14(13)17/h1-7,12H,8,18H2. The van der Waals surface area contributed by atoms with Crippen LogP contribution in [0.2, 0.25) is 0 Å². The Morgan fingerprint density at radius 3 is 2.37 bits per heavy atom. The van der Waals surface area contributed by atoms with Crippen molar-refractivity contribution >= 4 is 0 Å². The van der Waals surface area contributed by atoms with E-state index in [-0.39, 0.29) is 17.9 Å². The van der Waals surface area contributed by atoms with E-state index < -0.39 is 23.5 Å². The van der Waals surface area contributed by atoms with Crippen LogP contribution < -0.4 is 10.5 Å². The van der Waals surface area contributed by atoms with Crippen molar-refractivity contribution in [2.75, 3.05) is 6.61 Å². The molecule has 1 atom stereocenters. The van der Waals surface area contributed by atoms with Crippen LogP contribution in [0.4, 0.5) is 13.2 Å². The van der Waals surface area contributed by atoms with Crippen LogP contribution >= 0.6 is 0 Å². The third-order valence-corrected chi connectivity index (χ3v) is 2.64. The summed E-state index contributed by atoms with van der Waals surface area (Å²) in [6.45, 7) is -0.151. The predicted octanol–water partition coefficient (Wildman–Crippen LogP) is 3.18. The van der Waals surface area contributed by atoms with E-state index in [9.17, 15) is 13.2 Å². The van der Waals surface area contributed by atoms with E-state index in [2.05, 4.69) is 0 Å². The van der Waals surface area contributed by atoms with E-state index in [4.69, 9.17) is 10.5 Å². The van der Waals surface area contributed by atoms with Crippen molar-refractivity contribution in [3.8, 4) is 5.75 Å². The minimum atomic E-state index is -1.08. The van der Waals surface area contributed by atoms with Crippen LogP contribution in [0, 0.1) is 17.5 Å². The van der Waals surface area contributed by atoms with Crippen molar-refractivity contribution in [3.05, 3.63) is 65.5 Å². The van der Waals surface area contributed by atoms with Crippen molar-refractivity contribution in [2.45, 2.75) is 6.04 Å². The Balaban J connectivity index is 2.07. The first-order chi connectivity index (χ1) is 9.09. The molecule has 100 valence electrons. The van der Waals surface area contributed by atoms with Gasteiger partial charge in [-0.25, -0.2) is 8.78 Å². The van der Waals surface area contributed by atoms with Gasteiger partial charge in [-0.15, -0.1) is 0 Å². The minimum Gasteiger partial charge on any atom is -0.488 e. The molecule has 0 heterocycles. The zero-order valence-electron chi connectivity index (χ0n) is 9.95. The van der Waals surface area contributed by atoms with Crippen LogP contribution in [0.1, 0.15) is 11.6 Å². The Hall–Kier alpha value is -2.01. The Morgan fingerprint density at radius 2 is 1.63 bits per heavy atom. The molecule has 0 aliphatic rings. The summed E-state index contributed by atoms with van der Waals surface area (Å²) in [7, 11) is 0. The molecule has 0 fully saturated rings. The molecule has 0 radical (unpaired) electrons. The number of hydrogen-bond donors (Lipinski definition) is 1.